The van der Waals surface area contributed by atoms with Crippen LogP contribution in [-0.2, 0) is 0 Å². The molecular formula is C78H54N2OSi2. The zero-order valence-electron chi connectivity index (χ0n) is 45.5. The van der Waals surface area contributed by atoms with Crippen LogP contribution >= 0.6 is 0 Å². The molecule has 0 spiro atoms. The summed E-state index contributed by atoms with van der Waals surface area (Å²) in [6.45, 7) is 0. The van der Waals surface area contributed by atoms with Crippen molar-refractivity contribution in [2.45, 2.75) is 0 Å². The number of benzene rings is 13. The fourth-order valence-corrected chi connectivity index (χ4v) is 23.9. The second-order valence-electron chi connectivity index (χ2n) is 21.8. The standard InChI is InChI=1S/C78H54N2OSi2/c1-6-25-55(26-7-1)56-47-49-62(50-48-56)83(60-32-12-4-13-33-60,61-34-14-5-15-35-61)76-46-24-44-73-78(76)67-39-17-20-41-70(67)80(73)72-43-23-42-71-77(72)66-38-16-19-40-69(66)79(71)57-27-22-36-63(53-57)82(58-28-8-2-9-29-58,59-30-10-3-11-31-59)64-51-52-75-68(54-64)65-37-18-21-45-74(65)81-75/h1-54H. The molecule has 0 saturated carbocycles. The Kier molecular flexibility index (Phi) is 11.6. The third kappa shape index (κ3) is 7.49. The summed E-state index contributed by atoms with van der Waals surface area (Å²) < 4.78 is 11.6. The molecule has 3 heterocycles. The second kappa shape index (κ2) is 19.7. The highest BCUT2D eigenvalue weighted by molar-refractivity contribution is 7.21. The summed E-state index contributed by atoms with van der Waals surface area (Å²) in [6.07, 6.45) is 0. The number of fused-ring (bicyclic) bond motifs is 9. The highest BCUT2D eigenvalue weighted by atomic mass is 28.3. The summed E-state index contributed by atoms with van der Waals surface area (Å²) in [7, 11) is -6.11. The van der Waals surface area contributed by atoms with Gasteiger partial charge < -0.3 is 13.6 Å². The molecule has 13 aromatic carbocycles. The molecule has 83 heavy (non-hydrogen) atoms. The SMILES string of the molecule is c1ccc(-c2ccc([Si](c3ccccc3)(c3ccccc3)c3cccc4c3c3ccccc3n4-c3cccc4c3c3ccccc3n4-c3cccc([Si](c4ccccc4)(c4ccccc4)c4ccc5oc6ccccc6c5c4)c3)cc2)cc1. The molecule has 0 aliphatic rings. The molecule has 0 amide bonds. The van der Waals surface area contributed by atoms with Gasteiger partial charge in [0.15, 0.2) is 16.1 Å². The van der Waals surface area contributed by atoms with Crippen molar-refractivity contribution in [1.29, 1.82) is 0 Å². The normalized spacial score (nSPS) is 12.1. The van der Waals surface area contributed by atoms with Crippen molar-refractivity contribution >= 4 is 123 Å². The second-order valence-corrected chi connectivity index (χ2v) is 29.4. The van der Waals surface area contributed by atoms with Gasteiger partial charge in [-0.2, -0.15) is 0 Å². The fraction of sp³-hybridized carbons (Fsp3) is 0. The predicted octanol–water partition coefficient (Wildman–Crippen LogP) is 14.2. The van der Waals surface area contributed by atoms with Crippen molar-refractivity contribution in [3.05, 3.63) is 328 Å². The van der Waals surface area contributed by atoms with Crippen LogP contribution in [0.2, 0.25) is 0 Å². The summed E-state index contributed by atoms with van der Waals surface area (Å²) in [4.78, 5) is 0. The minimum Gasteiger partial charge on any atom is -0.456 e. The quantitative estimate of drug-likeness (QED) is 0.0935. The van der Waals surface area contributed by atoms with Gasteiger partial charge in [0, 0.05) is 38.0 Å². The van der Waals surface area contributed by atoms with Crippen LogP contribution in [0.5, 0.6) is 0 Å². The predicted molar refractivity (Wildman–Crippen MR) is 355 cm³/mol. The number of aromatic nitrogens is 2. The topological polar surface area (TPSA) is 23.0 Å². The maximum absolute atomic E-state index is 6.47. The lowest BCUT2D eigenvalue weighted by atomic mass is 10.1. The highest BCUT2D eigenvalue weighted by Gasteiger charge is 2.44. The van der Waals surface area contributed by atoms with Crippen molar-refractivity contribution in [1.82, 2.24) is 9.13 Å². The van der Waals surface area contributed by atoms with Gasteiger partial charge in [0.2, 0.25) is 0 Å². The van der Waals surface area contributed by atoms with E-state index in [0.29, 0.717) is 0 Å². The van der Waals surface area contributed by atoms with Crippen LogP contribution in [0.15, 0.2) is 332 Å². The molecule has 0 bridgehead atoms. The molecule has 390 valence electrons. The van der Waals surface area contributed by atoms with Crippen molar-refractivity contribution in [2.24, 2.45) is 0 Å². The maximum Gasteiger partial charge on any atom is 0.180 e. The van der Waals surface area contributed by atoms with Crippen molar-refractivity contribution < 1.29 is 4.42 Å². The first kappa shape index (κ1) is 48.6. The van der Waals surface area contributed by atoms with E-state index >= 15 is 0 Å². The van der Waals surface area contributed by atoms with Gasteiger partial charge in [0.05, 0.1) is 27.8 Å². The molecule has 0 saturated heterocycles. The zero-order valence-corrected chi connectivity index (χ0v) is 47.5. The zero-order chi connectivity index (χ0) is 54.9. The fourth-order valence-electron chi connectivity index (χ4n) is 14.2. The van der Waals surface area contributed by atoms with Crippen LogP contribution in [0.4, 0.5) is 0 Å². The number of para-hydroxylation sites is 3. The molecule has 3 nitrogen and oxygen atoms in total. The smallest absolute Gasteiger partial charge is 0.180 e. The van der Waals surface area contributed by atoms with Crippen LogP contribution in [0.3, 0.4) is 0 Å². The molecule has 0 radical (unpaired) electrons. The van der Waals surface area contributed by atoms with Crippen LogP contribution in [0, 0.1) is 0 Å². The summed E-state index contributed by atoms with van der Waals surface area (Å²) in [5.74, 6) is 0. The van der Waals surface area contributed by atoms with E-state index in [0.717, 1.165) is 44.3 Å². The Hall–Kier alpha value is -10.3. The molecule has 3 aromatic heterocycles. The number of rotatable bonds is 11. The van der Waals surface area contributed by atoms with E-state index in [4.69, 9.17) is 4.42 Å². The lowest BCUT2D eigenvalue weighted by Crippen LogP contribution is -2.74. The molecule has 0 fully saturated rings. The van der Waals surface area contributed by atoms with E-state index in [1.807, 2.05) is 0 Å². The average molecular weight is 1090 g/mol. The minimum absolute atomic E-state index is 0.899. The lowest BCUT2D eigenvalue weighted by Gasteiger charge is -2.35. The minimum atomic E-state index is -3.07. The number of hydrogen-bond donors (Lipinski definition) is 0. The van der Waals surface area contributed by atoms with Crippen LogP contribution in [0.25, 0.3) is 88.1 Å². The van der Waals surface area contributed by atoms with Crippen LogP contribution < -0.4 is 41.5 Å². The highest BCUT2D eigenvalue weighted by Crippen LogP contribution is 2.40. The third-order valence-corrected chi connectivity index (χ3v) is 27.2. The van der Waals surface area contributed by atoms with Crippen molar-refractivity contribution in [2.75, 3.05) is 0 Å². The maximum atomic E-state index is 6.47. The molecular weight excluding hydrogens is 1040 g/mol. The van der Waals surface area contributed by atoms with Gasteiger partial charge in [-0.25, -0.2) is 0 Å². The van der Waals surface area contributed by atoms with Gasteiger partial charge in [-0.3, -0.25) is 0 Å². The average Bonchev–Trinajstić information content (AvgIpc) is 2.26. The summed E-state index contributed by atoms with van der Waals surface area (Å²) in [5, 5.41) is 17.8. The van der Waals surface area contributed by atoms with Gasteiger partial charge >= 0.3 is 0 Å². The molecule has 0 atom stereocenters. The first-order valence-electron chi connectivity index (χ1n) is 28.7. The Labute approximate surface area is 483 Å². The summed E-state index contributed by atoms with van der Waals surface area (Å²) in [6, 6.07) is 122. The number of nitrogens with zero attached hydrogens (tertiary/aromatic N) is 2. The molecule has 16 rings (SSSR count). The molecule has 0 unspecified atom stereocenters. The molecule has 0 aliphatic carbocycles. The van der Waals surface area contributed by atoms with Gasteiger partial charge in [0.25, 0.3) is 0 Å². The van der Waals surface area contributed by atoms with Crippen molar-refractivity contribution in [3.8, 4) is 22.5 Å². The van der Waals surface area contributed by atoms with E-state index in [1.165, 1.54) is 85.2 Å². The van der Waals surface area contributed by atoms with Gasteiger partial charge in [0.1, 0.15) is 11.2 Å². The van der Waals surface area contributed by atoms with E-state index in [1.54, 1.807) is 0 Å². The molecule has 0 aliphatic heterocycles. The largest absolute Gasteiger partial charge is 0.456 e. The van der Waals surface area contributed by atoms with E-state index in [9.17, 15) is 0 Å². The van der Waals surface area contributed by atoms with Gasteiger partial charge in [-0.05, 0) is 107 Å². The Balaban J connectivity index is 0.944. The monoisotopic (exact) mass is 1090 g/mol. The van der Waals surface area contributed by atoms with Gasteiger partial charge in [-0.15, -0.1) is 0 Å². The first-order valence-corrected chi connectivity index (χ1v) is 32.7. The van der Waals surface area contributed by atoms with E-state index < -0.39 is 16.1 Å². The molecule has 16 aromatic rings. The Bertz CT molecular complexity index is 4990. The number of hydrogen-bond acceptors (Lipinski definition) is 1. The summed E-state index contributed by atoms with van der Waals surface area (Å²) in [5.41, 5.74) is 11.2. The molecule has 5 heteroatoms. The number of furan rings is 1. The Morgan fingerprint density at radius 3 is 1.30 bits per heavy atom. The van der Waals surface area contributed by atoms with Crippen LogP contribution in [0.1, 0.15) is 0 Å². The Morgan fingerprint density at radius 2 is 0.663 bits per heavy atom. The van der Waals surface area contributed by atoms with Crippen molar-refractivity contribution in [3.63, 3.8) is 0 Å². The first-order chi connectivity index (χ1) is 41.2. The Morgan fingerprint density at radius 1 is 0.241 bits per heavy atom. The molecule has 0 N–H and O–H groups in total. The third-order valence-electron chi connectivity index (χ3n) is 17.6. The van der Waals surface area contributed by atoms with Gasteiger partial charge in [-0.1, -0.05) is 273 Å². The van der Waals surface area contributed by atoms with E-state index in [2.05, 4.69) is 337 Å². The summed E-state index contributed by atoms with van der Waals surface area (Å²) >= 11 is 0. The lowest BCUT2D eigenvalue weighted by molar-refractivity contribution is 0.669. The van der Waals surface area contributed by atoms with E-state index in [-0.39, 0.29) is 0 Å². The van der Waals surface area contributed by atoms with Crippen LogP contribution in [-0.4, -0.2) is 25.3 Å².